The van der Waals surface area contributed by atoms with Crippen LogP contribution < -0.4 is 10.1 Å². The van der Waals surface area contributed by atoms with Crippen LogP contribution in [-0.2, 0) is 4.79 Å². The second-order valence-electron chi connectivity index (χ2n) is 1.94. The molecule has 66 valence electrons. The van der Waals surface area contributed by atoms with Crippen molar-refractivity contribution in [1.82, 2.24) is 4.98 Å². The van der Waals surface area contributed by atoms with Crippen molar-refractivity contribution in [2.24, 2.45) is 0 Å². The number of thiazole rings is 1. The number of hydrogen-bond donors (Lipinski definition) is 2. The summed E-state index contributed by atoms with van der Waals surface area (Å²) in [7, 11) is 1.54. The standard InChI is InChI=1S/C6H8N2O3S/c1-11-5-3-8-6(12-5)7-2-4(9)10/h3H,2H2,1H3,(H,7,8)(H,9,10). The van der Waals surface area contributed by atoms with Crippen LogP contribution in [0.2, 0.25) is 0 Å². The number of carboxylic acid groups (broad SMARTS) is 1. The molecule has 6 heteroatoms. The van der Waals surface area contributed by atoms with Crippen LogP contribution in [0.15, 0.2) is 6.20 Å². The Kier molecular flexibility index (Phi) is 2.87. The highest BCUT2D eigenvalue weighted by molar-refractivity contribution is 7.17. The minimum absolute atomic E-state index is 0.128. The number of nitrogens with zero attached hydrogens (tertiary/aromatic N) is 1. The Bertz CT molecular complexity index is 274. The zero-order valence-electron chi connectivity index (χ0n) is 6.40. The molecule has 0 aliphatic carbocycles. The van der Waals surface area contributed by atoms with Gasteiger partial charge in [-0.1, -0.05) is 11.3 Å². The molecule has 2 N–H and O–H groups in total. The molecule has 0 spiro atoms. The zero-order chi connectivity index (χ0) is 8.97. The second kappa shape index (κ2) is 3.91. The highest BCUT2D eigenvalue weighted by Gasteiger charge is 2.02. The van der Waals surface area contributed by atoms with Gasteiger partial charge in [0.2, 0.25) is 0 Å². The quantitative estimate of drug-likeness (QED) is 0.725. The van der Waals surface area contributed by atoms with Crippen LogP contribution in [0.25, 0.3) is 0 Å². The van der Waals surface area contributed by atoms with Crippen LogP contribution in [0.3, 0.4) is 0 Å². The highest BCUT2D eigenvalue weighted by atomic mass is 32.1. The molecule has 1 heterocycles. The first-order valence-corrected chi connectivity index (χ1v) is 3.99. The molecule has 0 aliphatic rings. The molecule has 0 radical (unpaired) electrons. The number of aromatic nitrogens is 1. The maximum Gasteiger partial charge on any atom is 0.322 e. The summed E-state index contributed by atoms with van der Waals surface area (Å²) < 4.78 is 4.87. The van der Waals surface area contributed by atoms with E-state index in [0.717, 1.165) is 0 Å². The van der Waals surface area contributed by atoms with E-state index >= 15 is 0 Å². The Morgan fingerprint density at radius 3 is 3.17 bits per heavy atom. The zero-order valence-corrected chi connectivity index (χ0v) is 7.22. The lowest BCUT2D eigenvalue weighted by molar-refractivity contribution is -0.134. The Hall–Kier alpha value is -1.30. The fourth-order valence-corrected chi connectivity index (χ4v) is 1.22. The molecule has 0 saturated carbocycles. The van der Waals surface area contributed by atoms with Gasteiger partial charge in [0.05, 0.1) is 13.3 Å². The Labute approximate surface area is 73.0 Å². The van der Waals surface area contributed by atoms with Crippen LogP contribution >= 0.6 is 11.3 Å². The van der Waals surface area contributed by atoms with Crippen molar-refractivity contribution in [3.05, 3.63) is 6.20 Å². The van der Waals surface area contributed by atoms with Gasteiger partial charge in [0.15, 0.2) is 10.2 Å². The smallest absolute Gasteiger partial charge is 0.322 e. The number of rotatable bonds is 4. The van der Waals surface area contributed by atoms with E-state index in [1.165, 1.54) is 24.6 Å². The van der Waals surface area contributed by atoms with Crippen LogP contribution in [-0.4, -0.2) is 29.7 Å². The van der Waals surface area contributed by atoms with Crippen LogP contribution in [0, 0.1) is 0 Å². The fourth-order valence-electron chi connectivity index (χ4n) is 0.587. The minimum Gasteiger partial charge on any atom is -0.486 e. The van der Waals surface area contributed by atoms with Crippen LogP contribution in [0.4, 0.5) is 5.13 Å². The van der Waals surface area contributed by atoms with Crippen LogP contribution in [0.1, 0.15) is 0 Å². The van der Waals surface area contributed by atoms with E-state index in [-0.39, 0.29) is 6.54 Å². The average Bonchev–Trinajstić information content (AvgIpc) is 2.48. The van der Waals surface area contributed by atoms with E-state index in [0.29, 0.717) is 10.2 Å². The van der Waals surface area contributed by atoms with Gasteiger partial charge in [-0.2, -0.15) is 0 Å². The molecule has 12 heavy (non-hydrogen) atoms. The number of hydrogen-bond acceptors (Lipinski definition) is 5. The lowest BCUT2D eigenvalue weighted by Gasteiger charge is -1.94. The fraction of sp³-hybridized carbons (Fsp3) is 0.333. The molecule has 0 unspecified atom stereocenters. The third-order valence-electron chi connectivity index (χ3n) is 1.08. The van der Waals surface area contributed by atoms with Gasteiger partial charge in [-0.25, -0.2) is 4.98 Å². The summed E-state index contributed by atoms with van der Waals surface area (Å²) in [6.07, 6.45) is 1.54. The third kappa shape index (κ3) is 2.39. The molecule has 0 atom stereocenters. The predicted octanol–water partition coefficient (Wildman–Crippen LogP) is 0.648. The molecule has 1 aromatic rings. The Balaban J connectivity index is 2.47. The average molecular weight is 188 g/mol. The Morgan fingerprint density at radius 2 is 2.67 bits per heavy atom. The number of aliphatic carboxylic acids is 1. The lowest BCUT2D eigenvalue weighted by Crippen LogP contribution is -2.11. The van der Waals surface area contributed by atoms with Crippen molar-refractivity contribution in [2.75, 3.05) is 19.0 Å². The number of carbonyl (C=O) groups is 1. The maximum atomic E-state index is 10.1. The number of nitrogens with one attached hydrogen (secondary N) is 1. The molecular weight excluding hydrogens is 180 g/mol. The number of ether oxygens (including phenoxy) is 1. The molecule has 1 rings (SSSR count). The third-order valence-corrected chi connectivity index (χ3v) is 1.99. The molecule has 0 aliphatic heterocycles. The minimum atomic E-state index is -0.913. The summed E-state index contributed by atoms with van der Waals surface area (Å²) in [5, 5.41) is 12.2. The molecule has 5 nitrogen and oxygen atoms in total. The molecule has 0 amide bonds. The summed E-state index contributed by atoms with van der Waals surface area (Å²) >= 11 is 1.27. The maximum absolute atomic E-state index is 10.1. The second-order valence-corrected chi connectivity index (χ2v) is 2.93. The van der Waals surface area contributed by atoms with E-state index in [9.17, 15) is 4.79 Å². The van der Waals surface area contributed by atoms with Crippen molar-refractivity contribution in [1.29, 1.82) is 0 Å². The molecule has 1 aromatic heterocycles. The SMILES string of the molecule is COc1cnc(NCC(=O)O)s1. The van der Waals surface area contributed by atoms with Gasteiger partial charge in [-0.3, -0.25) is 4.79 Å². The molecule has 0 saturated heterocycles. The Morgan fingerprint density at radius 1 is 1.92 bits per heavy atom. The van der Waals surface area contributed by atoms with Crippen molar-refractivity contribution in [2.45, 2.75) is 0 Å². The van der Waals surface area contributed by atoms with Gasteiger partial charge in [0.1, 0.15) is 6.54 Å². The van der Waals surface area contributed by atoms with E-state index in [1.54, 1.807) is 0 Å². The number of methoxy groups -OCH3 is 1. The monoisotopic (exact) mass is 188 g/mol. The molecule has 0 bridgehead atoms. The molecular formula is C6H8N2O3S. The van der Waals surface area contributed by atoms with Gasteiger partial charge in [-0.15, -0.1) is 0 Å². The van der Waals surface area contributed by atoms with E-state index in [1.807, 2.05) is 0 Å². The molecule has 0 aromatic carbocycles. The van der Waals surface area contributed by atoms with Gasteiger partial charge in [0, 0.05) is 0 Å². The summed E-state index contributed by atoms with van der Waals surface area (Å²) in [6, 6.07) is 0. The summed E-state index contributed by atoms with van der Waals surface area (Å²) in [5.41, 5.74) is 0. The summed E-state index contributed by atoms with van der Waals surface area (Å²) in [5.74, 6) is -0.913. The van der Waals surface area contributed by atoms with Crippen molar-refractivity contribution in [3.63, 3.8) is 0 Å². The van der Waals surface area contributed by atoms with Crippen molar-refractivity contribution in [3.8, 4) is 5.06 Å². The van der Waals surface area contributed by atoms with Crippen molar-refractivity contribution >= 4 is 22.4 Å². The number of carboxylic acids is 1. The van der Waals surface area contributed by atoms with Gasteiger partial charge in [-0.05, 0) is 0 Å². The van der Waals surface area contributed by atoms with Gasteiger partial charge >= 0.3 is 5.97 Å². The van der Waals surface area contributed by atoms with Gasteiger partial charge in [0.25, 0.3) is 0 Å². The first-order chi connectivity index (χ1) is 5.72. The van der Waals surface area contributed by atoms with Gasteiger partial charge < -0.3 is 15.2 Å². The molecule has 0 fully saturated rings. The van der Waals surface area contributed by atoms with Crippen LogP contribution in [0.5, 0.6) is 5.06 Å². The summed E-state index contributed by atoms with van der Waals surface area (Å²) in [6.45, 7) is -0.128. The largest absolute Gasteiger partial charge is 0.486 e. The lowest BCUT2D eigenvalue weighted by atomic mass is 10.7. The van der Waals surface area contributed by atoms with E-state index in [2.05, 4.69) is 10.3 Å². The number of anilines is 1. The normalized spacial score (nSPS) is 9.42. The van der Waals surface area contributed by atoms with E-state index < -0.39 is 5.97 Å². The van der Waals surface area contributed by atoms with E-state index in [4.69, 9.17) is 9.84 Å². The highest BCUT2D eigenvalue weighted by Crippen LogP contribution is 2.24. The topological polar surface area (TPSA) is 71.5 Å². The summed E-state index contributed by atoms with van der Waals surface area (Å²) in [4.78, 5) is 14.0. The first-order valence-electron chi connectivity index (χ1n) is 3.18. The first kappa shape index (κ1) is 8.79. The predicted molar refractivity (Wildman–Crippen MR) is 44.8 cm³/mol. The van der Waals surface area contributed by atoms with Crippen molar-refractivity contribution < 1.29 is 14.6 Å².